The summed E-state index contributed by atoms with van der Waals surface area (Å²) in [7, 11) is 0. The average Bonchev–Trinajstić information content (AvgIpc) is 2.95. The van der Waals surface area contributed by atoms with Crippen molar-refractivity contribution < 1.29 is 28.3 Å². The maximum absolute atomic E-state index is 13.9. The van der Waals surface area contributed by atoms with Crippen LogP contribution in [0.5, 0.6) is 0 Å². The van der Waals surface area contributed by atoms with Crippen LogP contribution in [0.25, 0.3) is 0 Å². The van der Waals surface area contributed by atoms with Crippen molar-refractivity contribution in [2.75, 3.05) is 11.4 Å². The lowest BCUT2D eigenvalue weighted by Crippen LogP contribution is -2.50. The summed E-state index contributed by atoms with van der Waals surface area (Å²) in [4.78, 5) is 49.4. The number of carbonyl (C=O) groups excluding carboxylic acids is 4. The van der Waals surface area contributed by atoms with Gasteiger partial charge < -0.3 is 15.0 Å². The van der Waals surface area contributed by atoms with Crippen LogP contribution < -0.4 is 15.5 Å². The Hall–Kier alpha value is -2.97. The molecule has 0 bridgehead atoms. The van der Waals surface area contributed by atoms with Crippen LogP contribution in [0.2, 0.25) is 0 Å². The summed E-state index contributed by atoms with van der Waals surface area (Å²) in [5.74, 6) is -3.35. The number of nitrogens with one attached hydrogen (secondary N) is 2. The molecular weight excluding hydrogens is 369 g/mol. The van der Waals surface area contributed by atoms with Gasteiger partial charge in [0, 0.05) is 18.5 Å². The monoisotopic (exact) mass is 393 g/mol. The van der Waals surface area contributed by atoms with E-state index in [9.17, 15) is 23.6 Å². The first kappa shape index (κ1) is 21.3. The van der Waals surface area contributed by atoms with Crippen LogP contribution in [0, 0.1) is 11.7 Å². The predicted molar refractivity (Wildman–Crippen MR) is 98.8 cm³/mol. The van der Waals surface area contributed by atoms with E-state index in [1.807, 2.05) is 0 Å². The van der Waals surface area contributed by atoms with Crippen LogP contribution >= 0.6 is 0 Å². The Kier molecular flexibility index (Phi) is 6.37. The quantitative estimate of drug-likeness (QED) is 0.758. The molecular formula is C19H24FN3O5. The van der Waals surface area contributed by atoms with Gasteiger partial charge in [0.25, 0.3) is 5.91 Å². The van der Waals surface area contributed by atoms with Gasteiger partial charge in [-0.3, -0.25) is 19.7 Å². The first-order chi connectivity index (χ1) is 13.0. The largest absolute Gasteiger partial charge is 0.452 e. The van der Waals surface area contributed by atoms with Gasteiger partial charge >= 0.3 is 12.0 Å². The molecule has 152 valence electrons. The van der Waals surface area contributed by atoms with E-state index >= 15 is 0 Å². The third kappa shape index (κ3) is 5.51. The summed E-state index contributed by atoms with van der Waals surface area (Å²) in [5, 5.41) is 4.64. The van der Waals surface area contributed by atoms with Crippen LogP contribution in [-0.4, -0.2) is 42.0 Å². The van der Waals surface area contributed by atoms with Crippen molar-refractivity contribution in [2.45, 2.75) is 45.8 Å². The Balaban J connectivity index is 1.92. The highest BCUT2D eigenvalue weighted by Crippen LogP contribution is 2.28. The topological polar surface area (TPSA) is 105 Å². The molecule has 0 radical (unpaired) electrons. The fourth-order valence-corrected chi connectivity index (χ4v) is 2.68. The second-order valence-corrected chi connectivity index (χ2v) is 7.63. The van der Waals surface area contributed by atoms with E-state index in [2.05, 4.69) is 10.6 Å². The molecule has 1 aromatic carbocycles. The third-order valence-corrected chi connectivity index (χ3v) is 3.99. The van der Waals surface area contributed by atoms with Crippen LogP contribution in [-0.2, 0) is 19.1 Å². The number of benzene rings is 1. The number of hydrogen-bond donors (Lipinski definition) is 2. The summed E-state index contributed by atoms with van der Waals surface area (Å²) in [6.45, 7) is 6.53. The molecule has 9 heteroatoms. The van der Waals surface area contributed by atoms with E-state index in [1.165, 1.54) is 30.0 Å². The van der Waals surface area contributed by atoms with E-state index in [-0.39, 0.29) is 18.7 Å². The molecule has 28 heavy (non-hydrogen) atoms. The summed E-state index contributed by atoms with van der Waals surface area (Å²) in [6, 6.07) is 5.06. The highest BCUT2D eigenvalue weighted by Gasteiger charge is 2.38. The number of halogens is 1. The average molecular weight is 393 g/mol. The van der Waals surface area contributed by atoms with Crippen LogP contribution in [0.4, 0.5) is 14.9 Å². The predicted octanol–water partition coefficient (Wildman–Crippen LogP) is 1.73. The summed E-state index contributed by atoms with van der Waals surface area (Å²) in [6.07, 6.45) is -1.37. The van der Waals surface area contributed by atoms with E-state index in [0.717, 1.165) is 0 Å². The van der Waals surface area contributed by atoms with Crippen LogP contribution in [0.15, 0.2) is 24.3 Å². The van der Waals surface area contributed by atoms with Gasteiger partial charge in [-0.2, -0.15) is 0 Å². The fourth-order valence-electron chi connectivity index (χ4n) is 2.68. The number of anilines is 1. The van der Waals surface area contributed by atoms with Crippen molar-refractivity contribution in [1.82, 2.24) is 10.6 Å². The fraction of sp³-hybridized carbons (Fsp3) is 0.474. The zero-order valence-electron chi connectivity index (χ0n) is 16.2. The SMILES string of the molecule is C[C@@H](OC(=O)[C@H]1CC(=O)N(c2ccccc2F)C1)C(=O)NC(=O)NC(C)(C)C. The lowest BCUT2D eigenvalue weighted by molar-refractivity contribution is -0.158. The molecule has 0 saturated carbocycles. The van der Waals surface area contributed by atoms with Gasteiger partial charge in [-0.25, -0.2) is 9.18 Å². The lowest BCUT2D eigenvalue weighted by atomic mass is 10.1. The van der Waals surface area contributed by atoms with Crippen molar-refractivity contribution >= 4 is 29.5 Å². The Morgan fingerprint density at radius 2 is 1.89 bits per heavy atom. The molecule has 1 aromatic rings. The molecule has 0 aliphatic carbocycles. The van der Waals surface area contributed by atoms with Gasteiger partial charge in [-0.15, -0.1) is 0 Å². The standard InChI is InChI=1S/C19H24FN3O5/c1-11(16(25)21-18(27)22-19(2,3)4)28-17(26)12-9-15(24)23(10-12)14-8-6-5-7-13(14)20/h5-8,11-12H,9-10H2,1-4H3,(H2,21,22,25,27)/t11-,12+/m1/s1. The number of carbonyl (C=O) groups is 4. The highest BCUT2D eigenvalue weighted by molar-refractivity contribution is 6.00. The number of urea groups is 1. The number of nitrogens with zero attached hydrogens (tertiary/aromatic N) is 1. The minimum Gasteiger partial charge on any atom is -0.452 e. The molecule has 2 rings (SSSR count). The van der Waals surface area contributed by atoms with Gasteiger partial charge in [0.1, 0.15) is 5.82 Å². The summed E-state index contributed by atoms with van der Waals surface area (Å²) in [5.41, 5.74) is -0.447. The van der Waals surface area contributed by atoms with E-state index in [1.54, 1.807) is 26.8 Å². The number of amides is 4. The minimum atomic E-state index is -1.23. The zero-order chi connectivity index (χ0) is 21.1. The van der Waals surface area contributed by atoms with Gasteiger partial charge in [-0.05, 0) is 39.8 Å². The number of para-hydroxylation sites is 1. The van der Waals surface area contributed by atoms with Crippen LogP contribution in [0.3, 0.4) is 0 Å². The van der Waals surface area contributed by atoms with Crippen molar-refractivity contribution in [3.63, 3.8) is 0 Å². The van der Waals surface area contributed by atoms with E-state index in [4.69, 9.17) is 4.74 Å². The van der Waals surface area contributed by atoms with E-state index < -0.39 is 47.2 Å². The lowest BCUT2D eigenvalue weighted by Gasteiger charge is -2.21. The van der Waals surface area contributed by atoms with Gasteiger partial charge in [-0.1, -0.05) is 12.1 Å². The first-order valence-electron chi connectivity index (χ1n) is 8.86. The summed E-state index contributed by atoms with van der Waals surface area (Å²) < 4.78 is 19.0. The molecule has 0 unspecified atom stereocenters. The molecule has 2 N–H and O–H groups in total. The second-order valence-electron chi connectivity index (χ2n) is 7.63. The molecule has 0 spiro atoms. The van der Waals surface area contributed by atoms with E-state index in [0.29, 0.717) is 0 Å². The molecule has 4 amide bonds. The molecule has 1 heterocycles. The highest BCUT2D eigenvalue weighted by atomic mass is 19.1. The molecule has 1 fully saturated rings. The smallest absolute Gasteiger partial charge is 0.321 e. The zero-order valence-corrected chi connectivity index (χ0v) is 16.2. The maximum Gasteiger partial charge on any atom is 0.321 e. The molecule has 1 aliphatic heterocycles. The van der Waals surface area contributed by atoms with Crippen molar-refractivity contribution in [3.8, 4) is 0 Å². The molecule has 1 aliphatic rings. The van der Waals surface area contributed by atoms with Gasteiger partial charge in [0.2, 0.25) is 5.91 Å². The van der Waals surface area contributed by atoms with Gasteiger partial charge in [0.05, 0.1) is 11.6 Å². The van der Waals surface area contributed by atoms with Crippen LogP contribution in [0.1, 0.15) is 34.1 Å². The Morgan fingerprint density at radius 1 is 1.25 bits per heavy atom. The Bertz CT molecular complexity index is 790. The first-order valence-corrected chi connectivity index (χ1v) is 8.86. The van der Waals surface area contributed by atoms with Crippen molar-refractivity contribution in [2.24, 2.45) is 5.92 Å². The molecule has 1 saturated heterocycles. The number of esters is 1. The molecule has 8 nitrogen and oxygen atoms in total. The number of imide groups is 1. The Labute approximate surface area is 162 Å². The minimum absolute atomic E-state index is 0.0442. The summed E-state index contributed by atoms with van der Waals surface area (Å²) >= 11 is 0. The van der Waals surface area contributed by atoms with Gasteiger partial charge in [0.15, 0.2) is 6.10 Å². The number of ether oxygens (including phenoxy) is 1. The normalized spacial score (nSPS) is 17.8. The Morgan fingerprint density at radius 3 is 2.50 bits per heavy atom. The second kappa shape index (κ2) is 8.37. The number of rotatable bonds is 4. The third-order valence-electron chi connectivity index (χ3n) is 3.99. The maximum atomic E-state index is 13.9. The van der Waals surface area contributed by atoms with Crippen molar-refractivity contribution in [3.05, 3.63) is 30.1 Å². The molecule has 2 atom stereocenters. The van der Waals surface area contributed by atoms with Crippen molar-refractivity contribution in [1.29, 1.82) is 0 Å². The molecule has 0 aromatic heterocycles. The number of hydrogen-bond acceptors (Lipinski definition) is 5.